The summed E-state index contributed by atoms with van der Waals surface area (Å²) >= 11 is 2.90. The van der Waals surface area contributed by atoms with Crippen LogP contribution in [0.2, 0.25) is 0 Å². The quantitative estimate of drug-likeness (QED) is 0.593. The molecule has 1 saturated heterocycles. The molecule has 1 aliphatic rings. The molecule has 0 bridgehead atoms. The molecule has 3 aromatic rings. The number of amides is 2. The van der Waals surface area contributed by atoms with Crippen LogP contribution in [0.15, 0.2) is 47.2 Å². The Kier molecular flexibility index (Phi) is 6.44. The number of aromatic nitrogens is 1. The van der Waals surface area contributed by atoms with Gasteiger partial charge in [0.2, 0.25) is 11.8 Å². The number of hydrogen-bond donors (Lipinski definition) is 1. The molecule has 1 fully saturated rings. The smallest absolute Gasteiger partial charge is 0.231 e. The number of carbonyl (C=O) groups is 2. The third-order valence-corrected chi connectivity index (χ3v) is 6.78. The molecule has 1 atom stereocenters. The molecule has 0 radical (unpaired) electrons. The summed E-state index contributed by atoms with van der Waals surface area (Å²) in [6, 6.07) is 11.8. The van der Waals surface area contributed by atoms with Crippen LogP contribution in [-0.4, -0.2) is 35.4 Å². The van der Waals surface area contributed by atoms with E-state index in [1.165, 1.54) is 11.3 Å². The van der Waals surface area contributed by atoms with Gasteiger partial charge in [-0.25, -0.2) is 4.98 Å². The van der Waals surface area contributed by atoms with E-state index >= 15 is 0 Å². The first-order valence-corrected chi connectivity index (χ1v) is 11.6. The topological polar surface area (TPSA) is 71.5 Å². The summed E-state index contributed by atoms with van der Waals surface area (Å²) in [5.41, 5.74) is 1.78. The highest BCUT2D eigenvalue weighted by Crippen LogP contribution is 2.34. The second-order valence-electron chi connectivity index (χ2n) is 7.15. The van der Waals surface area contributed by atoms with Gasteiger partial charge < -0.3 is 15.0 Å². The molecule has 2 aromatic heterocycles. The normalized spacial score (nSPS) is 15.9. The fourth-order valence-electron chi connectivity index (χ4n) is 3.70. The molecule has 1 aliphatic heterocycles. The number of ether oxygens (including phenoxy) is 1. The van der Waals surface area contributed by atoms with Crippen molar-refractivity contribution in [2.24, 2.45) is 0 Å². The van der Waals surface area contributed by atoms with E-state index < -0.39 is 0 Å². The van der Waals surface area contributed by atoms with Crippen molar-refractivity contribution in [2.75, 3.05) is 19.0 Å². The van der Waals surface area contributed by atoms with Crippen LogP contribution in [0.3, 0.4) is 0 Å². The number of methoxy groups -OCH3 is 1. The number of hydrogen-bond acceptors (Lipinski definition) is 6. The zero-order chi connectivity index (χ0) is 20.9. The highest BCUT2D eigenvalue weighted by atomic mass is 32.1. The lowest BCUT2D eigenvalue weighted by Gasteiger charge is -2.25. The summed E-state index contributed by atoms with van der Waals surface area (Å²) in [5.74, 6) is 0.763. The van der Waals surface area contributed by atoms with E-state index in [0.717, 1.165) is 35.6 Å². The summed E-state index contributed by atoms with van der Waals surface area (Å²) in [6.45, 7) is 0.745. The first kappa shape index (κ1) is 20.6. The number of nitrogens with zero attached hydrogens (tertiary/aromatic N) is 2. The number of likely N-dealkylation sites (tertiary alicyclic amines) is 1. The van der Waals surface area contributed by atoms with E-state index in [1.807, 2.05) is 52.1 Å². The minimum Gasteiger partial charge on any atom is -0.497 e. The maximum absolute atomic E-state index is 13.0. The molecule has 156 valence electrons. The molecule has 1 unspecified atom stereocenters. The van der Waals surface area contributed by atoms with E-state index in [2.05, 4.69) is 10.3 Å². The third kappa shape index (κ3) is 4.88. The Labute approximate surface area is 183 Å². The van der Waals surface area contributed by atoms with Gasteiger partial charge in [-0.2, -0.15) is 0 Å². The SMILES string of the molecule is COc1cccc(C2CCCN2C(=O)Cc2csc(NC(=O)Cc3cccs3)n2)c1. The zero-order valence-electron chi connectivity index (χ0n) is 16.7. The van der Waals surface area contributed by atoms with Crippen molar-refractivity contribution in [3.63, 3.8) is 0 Å². The number of anilines is 1. The van der Waals surface area contributed by atoms with Gasteiger partial charge in [-0.1, -0.05) is 18.2 Å². The molecule has 0 saturated carbocycles. The summed E-state index contributed by atoms with van der Waals surface area (Å²) in [6.07, 6.45) is 2.49. The van der Waals surface area contributed by atoms with Crippen LogP contribution < -0.4 is 10.1 Å². The molecule has 8 heteroatoms. The molecular weight excluding hydrogens is 418 g/mol. The van der Waals surface area contributed by atoms with Crippen LogP contribution in [-0.2, 0) is 22.4 Å². The molecule has 0 aliphatic carbocycles. The van der Waals surface area contributed by atoms with Gasteiger partial charge in [-0.3, -0.25) is 9.59 Å². The Morgan fingerprint density at radius 3 is 2.93 bits per heavy atom. The Bertz CT molecular complexity index is 1020. The predicted molar refractivity (Wildman–Crippen MR) is 119 cm³/mol. The van der Waals surface area contributed by atoms with Gasteiger partial charge >= 0.3 is 0 Å². The Hall–Kier alpha value is -2.71. The molecule has 6 nitrogen and oxygen atoms in total. The Balaban J connectivity index is 1.37. The molecule has 0 spiro atoms. The lowest BCUT2D eigenvalue weighted by atomic mass is 10.0. The first-order chi connectivity index (χ1) is 14.6. The minimum absolute atomic E-state index is 0.0575. The van der Waals surface area contributed by atoms with Crippen molar-refractivity contribution in [3.8, 4) is 5.75 Å². The van der Waals surface area contributed by atoms with E-state index in [1.54, 1.807) is 18.4 Å². The fraction of sp³-hybridized carbons (Fsp3) is 0.318. The number of nitrogens with one attached hydrogen (secondary N) is 1. The summed E-state index contributed by atoms with van der Waals surface area (Å²) in [7, 11) is 1.65. The number of rotatable bonds is 7. The predicted octanol–water partition coefficient (Wildman–Crippen LogP) is 4.30. The van der Waals surface area contributed by atoms with Crippen LogP contribution in [0, 0.1) is 0 Å². The first-order valence-electron chi connectivity index (χ1n) is 9.82. The summed E-state index contributed by atoms with van der Waals surface area (Å²) < 4.78 is 5.33. The lowest BCUT2D eigenvalue weighted by Crippen LogP contribution is -2.31. The molecule has 1 N–H and O–H groups in total. The third-order valence-electron chi connectivity index (χ3n) is 5.10. The highest BCUT2D eigenvalue weighted by Gasteiger charge is 2.30. The van der Waals surface area contributed by atoms with Gasteiger partial charge in [-0.15, -0.1) is 22.7 Å². The highest BCUT2D eigenvalue weighted by molar-refractivity contribution is 7.14. The second-order valence-corrected chi connectivity index (χ2v) is 9.04. The Morgan fingerprint density at radius 1 is 1.23 bits per heavy atom. The molecule has 30 heavy (non-hydrogen) atoms. The minimum atomic E-state index is -0.0951. The maximum Gasteiger partial charge on any atom is 0.231 e. The molecular formula is C22H23N3O3S2. The Morgan fingerprint density at radius 2 is 2.13 bits per heavy atom. The zero-order valence-corrected chi connectivity index (χ0v) is 18.3. The van der Waals surface area contributed by atoms with Gasteiger partial charge in [0.05, 0.1) is 31.7 Å². The monoisotopic (exact) mass is 441 g/mol. The van der Waals surface area contributed by atoms with E-state index in [9.17, 15) is 9.59 Å². The largest absolute Gasteiger partial charge is 0.497 e. The van der Waals surface area contributed by atoms with Gasteiger partial charge in [0.15, 0.2) is 5.13 Å². The van der Waals surface area contributed by atoms with Crippen molar-refractivity contribution in [1.29, 1.82) is 0 Å². The average molecular weight is 442 g/mol. The van der Waals surface area contributed by atoms with Crippen molar-refractivity contribution in [1.82, 2.24) is 9.88 Å². The van der Waals surface area contributed by atoms with Crippen molar-refractivity contribution in [2.45, 2.75) is 31.7 Å². The van der Waals surface area contributed by atoms with Crippen LogP contribution in [0.4, 0.5) is 5.13 Å². The van der Waals surface area contributed by atoms with Gasteiger partial charge in [-0.05, 0) is 42.0 Å². The van der Waals surface area contributed by atoms with E-state index in [-0.39, 0.29) is 24.3 Å². The van der Waals surface area contributed by atoms with Crippen molar-refractivity contribution < 1.29 is 14.3 Å². The van der Waals surface area contributed by atoms with Crippen LogP contribution >= 0.6 is 22.7 Å². The fourth-order valence-corrected chi connectivity index (χ4v) is 5.13. The van der Waals surface area contributed by atoms with Crippen molar-refractivity contribution >= 4 is 39.6 Å². The summed E-state index contributed by atoms with van der Waals surface area (Å²) in [5, 5.41) is 7.15. The second kappa shape index (κ2) is 9.40. The number of carbonyl (C=O) groups excluding carboxylic acids is 2. The number of thiophene rings is 1. The molecule has 1 aromatic carbocycles. The van der Waals surface area contributed by atoms with Gasteiger partial charge in [0.25, 0.3) is 0 Å². The maximum atomic E-state index is 13.0. The molecule has 3 heterocycles. The molecule has 4 rings (SSSR count). The lowest BCUT2D eigenvalue weighted by molar-refractivity contribution is -0.131. The molecule has 2 amide bonds. The summed E-state index contributed by atoms with van der Waals surface area (Å²) in [4.78, 5) is 32.5. The van der Waals surface area contributed by atoms with Crippen molar-refractivity contribution in [3.05, 3.63) is 63.3 Å². The van der Waals surface area contributed by atoms with Gasteiger partial charge in [0, 0.05) is 16.8 Å². The average Bonchev–Trinajstić information content (AvgIpc) is 3.50. The van der Waals surface area contributed by atoms with Crippen LogP contribution in [0.5, 0.6) is 5.75 Å². The standard InChI is InChI=1S/C22H23N3O3S2/c1-28-17-6-2-5-15(11-17)19-8-3-9-25(19)21(27)12-16-14-30-22(23-16)24-20(26)13-18-7-4-10-29-18/h2,4-7,10-11,14,19H,3,8-9,12-13H2,1H3,(H,23,24,26). The van der Waals surface area contributed by atoms with Crippen LogP contribution in [0.1, 0.15) is 35.0 Å². The van der Waals surface area contributed by atoms with E-state index in [4.69, 9.17) is 4.74 Å². The number of benzene rings is 1. The van der Waals surface area contributed by atoms with E-state index in [0.29, 0.717) is 17.2 Å². The van der Waals surface area contributed by atoms with Crippen LogP contribution in [0.25, 0.3) is 0 Å². The number of thiazole rings is 1. The van der Waals surface area contributed by atoms with Gasteiger partial charge in [0.1, 0.15) is 5.75 Å².